The highest BCUT2D eigenvalue weighted by atomic mass is 35.5. The van der Waals surface area contributed by atoms with Gasteiger partial charge in [0.25, 0.3) is 5.69 Å². The lowest BCUT2D eigenvalue weighted by atomic mass is 10.2. The Morgan fingerprint density at radius 3 is 2.50 bits per heavy atom. The van der Waals surface area contributed by atoms with E-state index >= 15 is 0 Å². The molecule has 0 unspecified atom stereocenters. The second-order valence-corrected chi connectivity index (χ2v) is 2.83. The van der Waals surface area contributed by atoms with Crippen molar-refractivity contribution in [2.45, 2.75) is 0 Å². The lowest BCUT2D eigenvalue weighted by molar-refractivity contribution is -0.384. The van der Waals surface area contributed by atoms with E-state index in [1.54, 1.807) is 5.48 Å². The molecule has 0 spiro atoms. The summed E-state index contributed by atoms with van der Waals surface area (Å²) in [5, 5.41) is 18.9. The zero-order chi connectivity index (χ0) is 10.6. The number of hydroxylamine groups is 1. The summed E-state index contributed by atoms with van der Waals surface area (Å²) in [5.74, 6) is 0. The zero-order valence-corrected chi connectivity index (χ0v) is 7.73. The van der Waals surface area contributed by atoms with Crippen LogP contribution in [0, 0.1) is 10.1 Å². The van der Waals surface area contributed by atoms with E-state index in [1.165, 1.54) is 30.5 Å². The average molecular weight is 215 g/mol. The van der Waals surface area contributed by atoms with Crippen LogP contribution in [0.15, 0.2) is 30.5 Å². The molecule has 74 valence electrons. The van der Waals surface area contributed by atoms with Crippen LogP contribution in [0.5, 0.6) is 0 Å². The summed E-state index contributed by atoms with van der Waals surface area (Å²) in [6.45, 7) is 0. The number of nitro groups is 1. The first kappa shape index (κ1) is 10.5. The summed E-state index contributed by atoms with van der Waals surface area (Å²) < 4.78 is 0. The van der Waals surface area contributed by atoms with Gasteiger partial charge in [0.05, 0.1) is 9.96 Å². The largest absolute Gasteiger partial charge is 0.292 e. The second kappa shape index (κ2) is 4.59. The number of hydrogen-bond acceptors (Lipinski definition) is 4. The van der Waals surface area contributed by atoms with Gasteiger partial charge >= 0.3 is 0 Å². The van der Waals surface area contributed by atoms with Gasteiger partial charge in [-0.3, -0.25) is 20.8 Å². The Bertz CT molecular complexity index is 361. The number of hydrogen-bond donors (Lipinski definition) is 2. The third-order valence-corrected chi connectivity index (χ3v) is 1.87. The number of benzene rings is 1. The molecule has 0 radical (unpaired) electrons. The molecular weight excluding hydrogens is 208 g/mol. The summed E-state index contributed by atoms with van der Waals surface area (Å²) in [5.41, 5.74) is 2.35. The molecule has 0 aliphatic carbocycles. The molecule has 0 atom stereocenters. The topological polar surface area (TPSA) is 75.4 Å². The Labute approximate surface area is 84.7 Å². The minimum atomic E-state index is -0.494. The van der Waals surface area contributed by atoms with Crippen molar-refractivity contribution < 1.29 is 10.1 Å². The SMILES string of the molecule is O=[N+]([O-])c1ccc(C(Cl)=CNO)cc1. The predicted octanol–water partition coefficient (Wildman–Crippen LogP) is 2.11. The van der Waals surface area contributed by atoms with Gasteiger partial charge in [0.1, 0.15) is 0 Å². The standard InChI is InChI=1S/C8H7ClN2O3/c9-8(5-10-12)6-1-3-7(4-2-6)11(13)14/h1-5,10,12H. The van der Waals surface area contributed by atoms with Crippen molar-refractivity contribution in [2.24, 2.45) is 0 Å². The fourth-order valence-corrected chi connectivity index (χ4v) is 1.06. The Morgan fingerprint density at radius 2 is 2.07 bits per heavy atom. The van der Waals surface area contributed by atoms with Gasteiger partial charge in [0.15, 0.2) is 0 Å². The molecule has 0 aromatic heterocycles. The molecule has 0 aliphatic rings. The van der Waals surface area contributed by atoms with E-state index in [0.29, 0.717) is 5.56 Å². The quantitative estimate of drug-likeness (QED) is 0.597. The fraction of sp³-hybridized carbons (Fsp3) is 0. The molecule has 1 aromatic carbocycles. The van der Waals surface area contributed by atoms with E-state index in [0.717, 1.165) is 0 Å². The maximum absolute atomic E-state index is 10.3. The molecule has 0 amide bonds. The third-order valence-electron chi connectivity index (χ3n) is 1.55. The molecule has 0 heterocycles. The third kappa shape index (κ3) is 2.45. The molecule has 0 fully saturated rings. The first-order chi connectivity index (χ1) is 6.65. The van der Waals surface area contributed by atoms with Crippen molar-refractivity contribution in [3.63, 3.8) is 0 Å². The summed E-state index contributed by atoms with van der Waals surface area (Å²) in [6, 6.07) is 5.66. The van der Waals surface area contributed by atoms with E-state index in [2.05, 4.69) is 0 Å². The van der Waals surface area contributed by atoms with Gasteiger partial charge in [-0.2, -0.15) is 0 Å². The molecule has 6 heteroatoms. The van der Waals surface area contributed by atoms with Gasteiger partial charge in [-0.05, 0) is 17.7 Å². The van der Waals surface area contributed by atoms with Gasteiger partial charge in [0.2, 0.25) is 0 Å². The average Bonchev–Trinajstić information content (AvgIpc) is 2.18. The molecule has 0 saturated carbocycles. The highest BCUT2D eigenvalue weighted by Crippen LogP contribution is 2.20. The molecule has 1 aromatic rings. The maximum Gasteiger partial charge on any atom is 0.269 e. The molecule has 0 bridgehead atoms. The molecule has 5 nitrogen and oxygen atoms in total. The summed E-state index contributed by atoms with van der Waals surface area (Å²) in [7, 11) is 0. The van der Waals surface area contributed by atoms with Crippen molar-refractivity contribution in [3.05, 3.63) is 46.1 Å². The summed E-state index contributed by atoms with van der Waals surface area (Å²) >= 11 is 5.71. The number of nitro benzene ring substituents is 1. The number of rotatable bonds is 3. The molecule has 0 saturated heterocycles. The summed E-state index contributed by atoms with van der Waals surface area (Å²) in [6.07, 6.45) is 1.17. The van der Waals surface area contributed by atoms with Crippen LogP contribution in [0.3, 0.4) is 0 Å². The minimum absolute atomic E-state index is 0.00447. The van der Waals surface area contributed by atoms with Gasteiger partial charge < -0.3 is 0 Å². The lowest BCUT2D eigenvalue weighted by Gasteiger charge is -1.98. The van der Waals surface area contributed by atoms with Crippen LogP contribution < -0.4 is 5.48 Å². The number of non-ortho nitro benzene ring substituents is 1. The Morgan fingerprint density at radius 1 is 1.50 bits per heavy atom. The highest BCUT2D eigenvalue weighted by Gasteiger charge is 2.04. The fourth-order valence-electron chi connectivity index (χ4n) is 0.882. The van der Waals surface area contributed by atoms with Crippen LogP contribution in [0.25, 0.3) is 5.03 Å². The number of halogens is 1. The van der Waals surface area contributed by atoms with Crippen molar-refractivity contribution in [3.8, 4) is 0 Å². The van der Waals surface area contributed by atoms with Crippen molar-refractivity contribution in [1.82, 2.24) is 5.48 Å². The molecule has 1 rings (SSSR count). The Hall–Kier alpha value is -1.59. The van der Waals surface area contributed by atoms with Crippen LogP contribution in [-0.2, 0) is 0 Å². The first-order valence-corrected chi connectivity index (χ1v) is 4.03. The van der Waals surface area contributed by atoms with Crippen LogP contribution in [0.1, 0.15) is 5.56 Å². The molecule has 14 heavy (non-hydrogen) atoms. The van der Waals surface area contributed by atoms with Crippen molar-refractivity contribution >= 4 is 22.3 Å². The maximum atomic E-state index is 10.3. The summed E-state index contributed by atoms with van der Waals surface area (Å²) in [4.78, 5) is 9.82. The van der Waals surface area contributed by atoms with E-state index in [4.69, 9.17) is 16.8 Å². The van der Waals surface area contributed by atoms with Crippen LogP contribution in [0.2, 0.25) is 0 Å². The normalized spacial score (nSPS) is 11.1. The Kier molecular flexibility index (Phi) is 3.44. The van der Waals surface area contributed by atoms with Crippen LogP contribution >= 0.6 is 11.6 Å². The second-order valence-electron chi connectivity index (χ2n) is 2.43. The van der Waals surface area contributed by atoms with E-state index in [-0.39, 0.29) is 10.7 Å². The van der Waals surface area contributed by atoms with Crippen molar-refractivity contribution in [1.29, 1.82) is 0 Å². The van der Waals surface area contributed by atoms with E-state index < -0.39 is 4.92 Å². The number of nitrogens with one attached hydrogen (secondary N) is 1. The van der Waals surface area contributed by atoms with Crippen molar-refractivity contribution in [2.75, 3.05) is 0 Å². The van der Waals surface area contributed by atoms with Gasteiger partial charge in [-0.25, -0.2) is 0 Å². The van der Waals surface area contributed by atoms with Gasteiger partial charge in [0, 0.05) is 18.3 Å². The number of nitrogens with zero attached hydrogens (tertiary/aromatic N) is 1. The minimum Gasteiger partial charge on any atom is -0.292 e. The first-order valence-electron chi connectivity index (χ1n) is 3.65. The van der Waals surface area contributed by atoms with Gasteiger partial charge in [-0.15, -0.1) is 0 Å². The molecule has 2 N–H and O–H groups in total. The highest BCUT2D eigenvalue weighted by molar-refractivity contribution is 6.48. The molecule has 0 aliphatic heterocycles. The lowest BCUT2D eigenvalue weighted by Crippen LogP contribution is -1.94. The smallest absolute Gasteiger partial charge is 0.269 e. The van der Waals surface area contributed by atoms with Crippen LogP contribution in [-0.4, -0.2) is 10.1 Å². The monoisotopic (exact) mass is 214 g/mol. The van der Waals surface area contributed by atoms with Gasteiger partial charge in [-0.1, -0.05) is 11.6 Å². The van der Waals surface area contributed by atoms with E-state index in [1.807, 2.05) is 0 Å². The van der Waals surface area contributed by atoms with Crippen LogP contribution in [0.4, 0.5) is 5.69 Å². The zero-order valence-electron chi connectivity index (χ0n) is 6.98. The van der Waals surface area contributed by atoms with E-state index in [9.17, 15) is 10.1 Å². The molecular formula is C8H7ClN2O3. The Balaban J connectivity index is 2.94. The predicted molar refractivity (Wildman–Crippen MR) is 51.8 cm³/mol.